The van der Waals surface area contributed by atoms with Gasteiger partial charge >= 0.3 is 0 Å². The number of hydrogen-bond acceptors (Lipinski definition) is 2. The highest BCUT2D eigenvalue weighted by Crippen LogP contribution is 2.44. The number of carbonyl (C=O) groups excluding carboxylic acids is 1. The zero-order chi connectivity index (χ0) is 15.9. The summed E-state index contributed by atoms with van der Waals surface area (Å²) in [7, 11) is 0. The minimum absolute atomic E-state index is 0.0500. The van der Waals surface area contributed by atoms with E-state index in [-0.39, 0.29) is 17.6 Å². The molecule has 0 aromatic heterocycles. The summed E-state index contributed by atoms with van der Waals surface area (Å²) >= 11 is 0. The number of nitrogens with zero attached hydrogens (tertiary/aromatic N) is 1. The molecule has 1 spiro atoms. The molecule has 1 aliphatic carbocycles. The Bertz CT molecular complexity index is 735. The first kappa shape index (κ1) is 14.7. The lowest BCUT2D eigenvalue weighted by atomic mass is 9.69. The van der Waals surface area contributed by atoms with Crippen molar-refractivity contribution < 1.29 is 9.90 Å². The number of fused-ring (bicyclic) bond motifs is 1. The summed E-state index contributed by atoms with van der Waals surface area (Å²) in [6.45, 7) is 0.702. The van der Waals surface area contributed by atoms with Crippen molar-refractivity contribution in [1.82, 2.24) is 4.90 Å². The average Bonchev–Trinajstić information content (AvgIpc) is 2.53. The minimum atomic E-state index is -0.236. The summed E-state index contributed by atoms with van der Waals surface area (Å²) in [6, 6.07) is 14.5. The fourth-order valence-electron chi connectivity index (χ4n) is 4.23. The Balaban J connectivity index is 1.54. The van der Waals surface area contributed by atoms with E-state index in [0.717, 1.165) is 24.8 Å². The van der Waals surface area contributed by atoms with Crippen LogP contribution in [0.4, 0.5) is 0 Å². The number of benzene rings is 2. The number of amides is 1. The van der Waals surface area contributed by atoms with Crippen molar-refractivity contribution in [2.75, 3.05) is 6.54 Å². The zero-order valence-electron chi connectivity index (χ0n) is 13.4. The molecule has 2 aromatic carbocycles. The summed E-state index contributed by atoms with van der Waals surface area (Å²) in [5, 5.41) is 12.4. The van der Waals surface area contributed by atoms with Gasteiger partial charge in [0.25, 0.3) is 0 Å². The van der Waals surface area contributed by atoms with Crippen LogP contribution >= 0.6 is 0 Å². The van der Waals surface area contributed by atoms with Gasteiger partial charge in [0.15, 0.2) is 0 Å². The number of likely N-dealkylation sites (tertiary alicyclic amines) is 1. The van der Waals surface area contributed by atoms with Crippen molar-refractivity contribution in [2.24, 2.45) is 0 Å². The van der Waals surface area contributed by atoms with Crippen LogP contribution in [0.25, 0.3) is 10.8 Å². The monoisotopic (exact) mass is 309 g/mol. The number of aliphatic hydroxyl groups excluding tert-OH is 1. The van der Waals surface area contributed by atoms with Gasteiger partial charge in [0.05, 0.1) is 12.5 Å². The van der Waals surface area contributed by atoms with Gasteiger partial charge in [-0.05, 0) is 48.4 Å². The van der Waals surface area contributed by atoms with Crippen LogP contribution in [0.15, 0.2) is 42.5 Å². The predicted octanol–water partition coefficient (Wildman–Crippen LogP) is 3.29. The first-order chi connectivity index (χ1) is 11.2. The van der Waals surface area contributed by atoms with Crippen molar-refractivity contribution >= 4 is 16.7 Å². The van der Waals surface area contributed by atoms with Crippen molar-refractivity contribution in [3.05, 3.63) is 48.0 Å². The topological polar surface area (TPSA) is 40.5 Å². The molecule has 1 heterocycles. The predicted molar refractivity (Wildman–Crippen MR) is 91.2 cm³/mol. The molecule has 1 atom stereocenters. The highest BCUT2D eigenvalue weighted by atomic mass is 16.3. The number of piperidine rings is 1. The fourth-order valence-corrected chi connectivity index (χ4v) is 4.23. The van der Waals surface area contributed by atoms with Crippen LogP contribution in [-0.2, 0) is 11.2 Å². The average molecular weight is 309 g/mol. The molecule has 3 nitrogen and oxygen atoms in total. The number of hydrogen-bond donors (Lipinski definition) is 1. The van der Waals surface area contributed by atoms with Crippen LogP contribution in [0.1, 0.15) is 37.7 Å². The van der Waals surface area contributed by atoms with Crippen LogP contribution in [0.2, 0.25) is 0 Å². The van der Waals surface area contributed by atoms with Crippen LogP contribution < -0.4 is 0 Å². The maximum Gasteiger partial charge on any atom is 0.227 e. The normalized spacial score (nSPS) is 23.0. The van der Waals surface area contributed by atoms with E-state index in [1.54, 1.807) is 0 Å². The molecule has 120 valence electrons. The molecule has 23 heavy (non-hydrogen) atoms. The maximum absolute atomic E-state index is 12.9. The number of aliphatic hydroxyl groups is 1. The summed E-state index contributed by atoms with van der Waals surface area (Å²) in [6.07, 6.45) is 4.97. The Hall–Kier alpha value is -1.87. The second-order valence-electron chi connectivity index (χ2n) is 7.13. The van der Waals surface area contributed by atoms with Gasteiger partial charge < -0.3 is 10.0 Å². The van der Waals surface area contributed by atoms with Crippen LogP contribution in [0.3, 0.4) is 0 Å². The van der Waals surface area contributed by atoms with E-state index < -0.39 is 0 Å². The lowest BCUT2D eigenvalue weighted by Gasteiger charge is -2.54. The highest BCUT2D eigenvalue weighted by molar-refractivity contribution is 5.85. The maximum atomic E-state index is 12.9. The van der Waals surface area contributed by atoms with E-state index in [4.69, 9.17) is 0 Å². The van der Waals surface area contributed by atoms with Gasteiger partial charge in [0.1, 0.15) is 0 Å². The molecular weight excluding hydrogens is 286 g/mol. The van der Waals surface area contributed by atoms with Gasteiger partial charge in [-0.25, -0.2) is 0 Å². The Labute approximate surface area is 136 Å². The van der Waals surface area contributed by atoms with E-state index in [0.29, 0.717) is 19.4 Å². The fraction of sp³-hybridized carbons (Fsp3) is 0.450. The van der Waals surface area contributed by atoms with Crippen LogP contribution in [0.5, 0.6) is 0 Å². The summed E-state index contributed by atoms with van der Waals surface area (Å²) in [5.41, 5.74) is 1.03. The third-order valence-corrected chi connectivity index (χ3v) is 5.63. The van der Waals surface area contributed by atoms with E-state index in [1.807, 2.05) is 12.1 Å². The quantitative estimate of drug-likeness (QED) is 0.925. The van der Waals surface area contributed by atoms with Crippen LogP contribution in [0, 0.1) is 0 Å². The van der Waals surface area contributed by atoms with E-state index in [2.05, 4.69) is 35.2 Å². The molecule has 1 unspecified atom stereocenters. The number of carbonyl (C=O) groups is 1. The molecule has 2 aliphatic rings. The number of rotatable bonds is 2. The van der Waals surface area contributed by atoms with Gasteiger partial charge in [0, 0.05) is 12.1 Å². The molecule has 3 heteroatoms. The molecule has 0 bridgehead atoms. The van der Waals surface area contributed by atoms with Crippen molar-refractivity contribution in [3.8, 4) is 0 Å². The Morgan fingerprint density at radius 2 is 1.96 bits per heavy atom. The van der Waals surface area contributed by atoms with Gasteiger partial charge in [0.2, 0.25) is 5.91 Å². The Morgan fingerprint density at radius 3 is 2.70 bits per heavy atom. The first-order valence-electron chi connectivity index (χ1n) is 8.63. The van der Waals surface area contributed by atoms with Crippen LogP contribution in [-0.4, -0.2) is 34.1 Å². The van der Waals surface area contributed by atoms with Gasteiger partial charge in [-0.3, -0.25) is 4.79 Å². The largest absolute Gasteiger partial charge is 0.393 e. The third kappa shape index (κ3) is 2.63. The molecule has 1 aliphatic heterocycles. The van der Waals surface area contributed by atoms with E-state index in [9.17, 15) is 9.90 Å². The Morgan fingerprint density at radius 1 is 1.17 bits per heavy atom. The first-order valence-corrected chi connectivity index (χ1v) is 8.63. The third-order valence-electron chi connectivity index (χ3n) is 5.63. The molecule has 4 rings (SSSR count). The molecule has 1 saturated heterocycles. The van der Waals surface area contributed by atoms with Crippen molar-refractivity contribution in [3.63, 3.8) is 0 Å². The van der Waals surface area contributed by atoms with E-state index in [1.165, 1.54) is 17.2 Å². The molecule has 1 N–H and O–H groups in total. The SMILES string of the molecule is O=C(Cc1ccc2ccccc2c1)N1CCC(O)CC12CCC2. The molecular formula is C20H23NO2. The lowest BCUT2D eigenvalue weighted by Crippen LogP contribution is -2.61. The summed E-state index contributed by atoms with van der Waals surface area (Å²) < 4.78 is 0. The van der Waals surface area contributed by atoms with Crippen molar-refractivity contribution in [2.45, 2.75) is 50.2 Å². The summed E-state index contributed by atoms with van der Waals surface area (Å²) in [5.74, 6) is 0.215. The molecule has 0 radical (unpaired) electrons. The van der Waals surface area contributed by atoms with Crippen molar-refractivity contribution in [1.29, 1.82) is 0 Å². The minimum Gasteiger partial charge on any atom is -0.393 e. The second kappa shape index (κ2) is 5.64. The van der Waals surface area contributed by atoms with Gasteiger partial charge in [-0.15, -0.1) is 0 Å². The van der Waals surface area contributed by atoms with E-state index >= 15 is 0 Å². The second-order valence-corrected chi connectivity index (χ2v) is 7.13. The van der Waals surface area contributed by atoms with Gasteiger partial charge in [-0.1, -0.05) is 42.5 Å². The summed E-state index contributed by atoms with van der Waals surface area (Å²) in [4.78, 5) is 14.9. The van der Waals surface area contributed by atoms with Gasteiger partial charge in [-0.2, -0.15) is 0 Å². The highest BCUT2D eigenvalue weighted by Gasteiger charge is 2.48. The lowest BCUT2D eigenvalue weighted by molar-refractivity contribution is -0.148. The molecule has 2 fully saturated rings. The molecule has 2 aromatic rings. The molecule has 1 amide bonds. The zero-order valence-corrected chi connectivity index (χ0v) is 13.4. The standard InChI is InChI=1S/C20H23NO2/c22-18-8-11-21(20(14-18)9-3-10-20)19(23)13-15-6-7-16-4-1-2-5-17(16)12-15/h1-2,4-7,12,18,22H,3,8-11,13-14H2. The smallest absolute Gasteiger partial charge is 0.227 e. The molecule has 1 saturated carbocycles. The Kier molecular flexibility index (Phi) is 3.61.